The van der Waals surface area contributed by atoms with E-state index in [0.29, 0.717) is 11.8 Å². The molecule has 0 N–H and O–H groups in total. The molecular formula is C16H22O3. The van der Waals surface area contributed by atoms with Gasteiger partial charge in [-0.2, -0.15) is 0 Å². The van der Waals surface area contributed by atoms with Gasteiger partial charge in [-0.1, -0.05) is 12.8 Å². The van der Waals surface area contributed by atoms with Crippen LogP contribution >= 0.6 is 0 Å². The van der Waals surface area contributed by atoms with Gasteiger partial charge in [0.2, 0.25) is 0 Å². The van der Waals surface area contributed by atoms with Gasteiger partial charge in [0.05, 0.1) is 11.8 Å². The van der Waals surface area contributed by atoms with E-state index < -0.39 is 0 Å². The summed E-state index contributed by atoms with van der Waals surface area (Å²) in [5, 5.41) is 0. The van der Waals surface area contributed by atoms with Crippen molar-refractivity contribution in [1.82, 2.24) is 0 Å². The molecule has 19 heavy (non-hydrogen) atoms. The van der Waals surface area contributed by atoms with Crippen molar-refractivity contribution in [2.24, 2.45) is 35.5 Å². The Morgan fingerprint density at radius 2 is 1.16 bits per heavy atom. The molecule has 4 rings (SSSR count). The molecule has 0 saturated heterocycles. The summed E-state index contributed by atoms with van der Waals surface area (Å²) in [7, 11) is 0. The predicted octanol–water partition coefficient (Wildman–Crippen LogP) is 2.93. The number of hydrogen-bond donors (Lipinski definition) is 0. The van der Waals surface area contributed by atoms with Crippen LogP contribution in [-0.4, -0.2) is 11.9 Å². The van der Waals surface area contributed by atoms with E-state index in [1.54, 1.807) is 0 Å². The average Bonchev–Trinajstić information content (AvgIpc) is 3.17. The maximum atomic E-state index is 12.2. The molecule has 104 valence electrons. The maximum Gasteiger partial charge on any atom is 0.316 e. The van der Waals surface area contributed by atoms with E-state index in [0.717, 1.165) is 37.5 Å². The van der Waals surface area contributed by atoms with Gasteiger partial charge in [-0.25, -0.2) is 0 Å². The Bertz CT molecular complexity index is 378. The molecule has 4 saturated carbocycles. The standard InChI is InChI=1S/C16H22O3/c17-15(13-7-9-1-3-11(13)5-9)19-16(18)14-8-10-2-4-12(14)6-10/h9-14H,1-8H2. The fraction of sp³-hybridized carbons (Fsp3) is 0.875. The van der Waals surface area contributed by atoms with Gasteiger partial charge in [0.15, 0.2) is 0 Å². The van der Waals surface area contributed by atoms with E-state index in [1.807, 2.05) is 0 Å². The van der Waals surface area contributed by atoms with Crippen LogP contribution in [0.5, 0.6) is 0 Å². The lowest BCUT2D eigenvalue weighted by molar-refractivity contribution is -0.167. The van der Waals surface area contributed by atoms with Crippen molar-refractivity contribution in [3.8, 4) is 0 Å². The highest BCUT2D eigenvalue weighted by atomic mass is 16.6. The summed E-state index contributed by atoms with van der Waals surface area (Å²) < 4.78 is 5.25. The molecule has 6 atom stereocenters. The Balaban J connectivity index is 1.36. The molecule has 0 heterocycles. The molecule has 0 aliphatic heterocycles. The SMILES string of the molecule is O=C(OC(=O)C1CC2CCC1C2)C1CC2CCC1C2. The molecule has 4 bridgehead atoms. The van der Waals surface area contributed by atoms with Crippen LogP contribution in [0, 0.1) is 35.5 Å². The minimum Gasteiger partial charge on any atom is -0.393 e. The van der Waals surface area contributed by atoms with Crippen LogP contribution in [0.25, 0.3) is 0 Å². The number of esters is 2. The Morgan fingerprint density at radius 3 is 1.47 bits per heavy atom. The third-order valence-electron chi connectivity index (χ3n) is 6.28. The van der Waals surface area contributed by atoms with E-state index >= 15 is 0 Å². The molecule has 4 aliphatic rings. The predicted molar refractivity (Wildman–Crippen MR) is 69.0 cm³/mol. The Labute approximate surface area is 114 Å². The second-order valence-corrected chi connectivity index (χ2v) is 7.30. The van der Waals surface area contributed by atoms with E-state index in [1.165, 1.54) is 25.7 Å². The Morgan fingerprint density at radius 1 is 0.684 bits per heavy atom. The summed E-state index contributed by atoms with van der Waals surface area (Å²) in [4.78, 5) is 24.3. The van der Waals surface area contributed by atoms with Crippen LogP contribution in [0.1, 0.15) is 51.4 Å². The summed E-state index contributed by atoms with van der Waals surface area (Å²) >= 11 is 0. The molecule has 0 amide bonds. The van der Waals surface area contributed by atoms with Crippen molar-refractivity contribution in [3.05, 3.63) is 0 Å². The molecule has 3 heteroatoms. The summed E-state index contributed by atoms with van der Waals surface area (Å²) in [5.41, 5.74) is 0. The lowest BCUT2D eigenvalue weighted by Gasteiger charge is -2.22. The number of carbonyl (C=O) groups is 2. The van der Waals surface area contributed by atoms with Crippen LogP contribution in [0.15, 0.2) is 0 Å². The molecule has 0 radical (unpaired) electrons. The zero-order valence-electron chi connectivity index (χ0n) is 11.3. The average molecular weight is 262 g/mol. The number of fused-ring (bicyclic) bond motifs is 4. The van der Waals surface area contributed by atoms with Gasteiger partial charge in [-0.3, -0.25) is 9.59 Å². The zero-order chi connectivity index (χ0) is 13.0. The first-order chi connectivity index (χ1) is 9.20. The number of rotatable bonds is 2. The van der Waals surface area contributed by atoms with Gasteiger partial charge < -0.3 is 4.74 Å². The van der Waals surface area contributed by atoms with E-state index in [-0.39, 0.29) is 23.8 Å². The highest BCUT2D eigenvalue weighted by Gasteiger charge is 2.47. The second-order valence-electron chi connectivity index (χ2n) is 7.30. The van der Waals surface area contributed by atoms with Crippen molar-refractivity contribution in [2.45, 2.75) is 51.4 Å². The highest BCUT2D eigenvalue weighted by molar-refractivity contribution is 5.88. The van der Waals surface area contributed by atoms with Gasteiger partial charge in [-0.05, 0) is 62.2 Å². The van der Waals surface area contributed by atoms with Crippen LogP contribution < -0.4 is 0 Å². The first-order valence-electron chi connectivity index (χ1n) is 7.96. The summed E-state index contributed by atoms with van der Waals surface area (Å²) in [6, 6.07) is 0. The molecule has 0 aromatic rings. The van der Waals surface area contributed by atoms with Crippen LogP contribution in [0.4, 0.5) is 0 Å². The molecule has 0 aromatic heterocycles. The molecular weight excluding hydrogens is 240 g/mol. The largest absolute Gasteiger partial charge is 0.393 e. The highest BCUT2D eigenvalue weighted by Crippen LogP contribution is 2.50. The van der Waals surface area contributed by atoms with E-state index in [4.69, 9.17) is 4.74 Å². The first-order valence-corrected chi connectivity index (χ1v) is 7.96. The van der Waals surface area contributed by atoms with Gasteiger partial charge in [0.1, 0.15) is 0 Å². The van der Waals surface area contributed by atoms with Crippen LogP contribution in [0.2, 0.25) is 0 Å². The molecule has 6 unspecified atom stereocenters. The Kier molecular flexibility index (Phi) is 2.71. The van der Waals surface area contributed by atoms with Gasteiger partial charge in [0, 0.05) is 0 Å². The maximum absolute atomic E-state index is 12.2. The molecule has 3 nitrogen and oxygen atoms in total. The first kappa shape index (κ1) is 11.9. The van der Waals surface area contributed by atoms with Gasteiger partial charge in [0.25, 0.3) is 0 Å². The van der Waals surface area contributed by atoms with Crippen LogP contribution in [0.3, 0.4) is 0 Å². The van der Waals surface area contributed by atoms with Crippen LogP contribution in [-0.2, 0) is 14.3 Å². The molecule has 0 spiro atoms. The lowest BCUT2D eigenvalue weighted by Crippen LogP contribution is -2.30. The fourth-order valence-electron chi connectivity index (χ4n) is 5.32. The summed E-state index contributed by atoms with van der Waals surface area (Å²) in [5.74, 6) is 2.10. The lowest BCUT2D eigenvalue weighted by atomic mass is 9.88. The van der Waals surface area contributed by atoms with Gasteiger partial charge in [-0.15, -0.1) is 0 Å². The third kappa shape index (κ3) is 1.93. The summed E-state index contributed by atoms with van der Waals surface area (Å²) in [6.45, 7) is 0. The van der Waals surface area contributed by atoms with Crippen molar-refractivity contribution in [2.75, 3.05) is 0 Å². The number of carbonyl (C=O) groups excluding carboxylic acids is 2. The normalized spacial score (nSPS) is 46.7. The monoisotopic (exact) mass is 262 g/mol. The molecule has 0 aromatic carbocycles. The zero-order valence-corrected chi connectivity index (χ0v) is 11.3. The third-order valence-corrected chi connectivity index (χ3v) is 6.28. The van der Waals surface area contributed by atoms with Crippen molar-refractivity contribution in [1.29, 1.82) is 0 Å². The quantitative estimate of drug-likeness (QED) is 0.567. The minimum atomic E-state index is -0.208. The fourth-order valence-corrected chi connectivity index (χ4v) is 5.32. The van der Waals surface area contributed by atoms with Crippen molar-refractivity contribution in [3.63, 3.8) is 0 Å². The number of ether oxygens (including phenoxy) is 1. The Hall–Kier alpha value is -0.860. The van der Waals surface area contributed by atoms with Crippen molar-refractivity contribution >= 4 is 11.9 Å². The summed E-state index contributed by atoms with van der Waals surface area (Å²) in [6.07, 6.45) is 9.16. The second kappa shape index (κ2) is 4.32. The van der Waals surface area contributed by atoms with E-state index in [9.17, 15) is 9.59 Å². The molecule has 4 aliphatic carbocycles. The van der Waals surface area contributed by atoms with E-state index in [2.05, 4.69) is 0 Å². The van der Waals surface area contributed by atoms with Crippen molar-refractivity contribution < 1.29 is 14.3 Å². The minimum absolute atomic E-state index is 0.0290. The van der Waals surface area contributed by atoms with Gasteiger partial charge >= 0.3 is 11.9 Å². The smallest absolute Gasteiger partial charge is 0.316 e. The topological polar surface area (TPSA) is 43.4 Å². The number of hydrogen-bond acceptors (Lipinski definition) is 3. The molecule has 4 fully saturated rings.